The van der Waals surface area contributed by atoms with E-state index in [1.54, 1.807) is 6.26 Å². The molecule has 1 N–H and O–H groups in total. The van der Waals surface area contributed by atoms with Gasteiger partial charge < -0.3 is 5.32 Å². The summed E-state index contributed by atoms with van der Waals surface area (Å²) in [6.07, 6.45) is 1.74. The largest absolute Gasteiger partial charge is 0.311 e. The van der Waals surface area contributed by atoms with Crippen molar-refractivity contribution >= 4 is 22.4 Å². The monoisotopic (exact) mass is 259 g/mol. The molecule has 0 fully saturated rings. The first-order chi connectivity index (χ1) is 7.50. The van der Waals surface area contributed by atoms with E-state index in [1.165, 1.54) is 11.1 Å². The van der Waals surface area contributed by atoms with E-state index < -0.39 is 10.8 Å². The summed E-state index contributed by atoms with van der Waals surface area (Å²) >= 11 is 5.88. The molecule has 0 saturated carbocycles. The van der Waals surface area contributed by atoms with Crippen LogP contribution in [0.1, 0.15) is 18.1 Å². The van der Waals surface area contributed by atoms with Crippen LogP contribution in [0, 0.1) is 6.92 Å². The molecule has 4 heteroatoms. The minimum Gasteiger partial charge on any atom is -0.311 e. The Morgan fingerprint density at radius 2 is 2.19 bits per heavy atom. The topological polar surface area (TPSA) is 29.1 Å². The van der Waals surface area contributed by atoms with Gasteiger partial charge in [0.05, 0.1) is 0 Å². The number of nitrogens with one attached hydrogen (secondary N) is 1. The molecule has 1 aromatic rings. The van der Waals surface area contributed by atoms with E-state index in [1.807, 2.05) is 32.0 Å². The summed E-state index contributed by atoms with van der Waals surface area (Å²) in [7, 11) is -0.761. The first-order valence-corrected chi connectivity index (χ1v) is 7.28. The van der Waals surface area contributed by atoms with Gasteiger partial charge in [-0.15, -0.1) is 0 Å². The zero-order valence-corrected chi connectivity index (χ0v) is 11.5. The second-order valence-corrected chi connectivity index (χ2v) is 6.25. The van der Waals surface area contributed by atoms with Crippen molar-refractivity contribution in [2.24, 2.45) is 0 Å². The molecular weight excluding hydrogens is 242 g/mol. The van der Waals surface area contributed by atoms with Crippen LogP contribution in [0.3, 0.4) is 0 Å². The van der Waals surface area contributed by atoms with Crippen LogP contribution < -0.4 is 5.32 Å². The van der Waals surface area contributed by atoms with Gasteiger partial charge in [-0.25, -0.2) is 0 Å². The third-order valence-corrected chi connectivity index (χ3v) is 4.15. The zero-order chi connectivity index (χ0) is 12.1. The number of halogens is 1. The number of aryl methyl sites for hydroxylation is 1. The van der Waals surface area contributed by atoms with Gasteiger partial charge in [-0.1, -0.05) is 17.7 Å². The Labute approximate surface area is 105 Å². The van der Waals surface area contributed by atoms with Gasteiger partial charge in [0, 0.05) is 40.4 Å². The molecule has 0 aliphatic rings. The van der Waals surface area contributed by atoms with Gasteiger partial charge in [0.1, 0.15) is 0 Å². The van der Waals surface area contributed by atoms with Crippen molar-refractivity contribution < 1.29 is 4.21 Å². The quantitative estimate of drug-likeness (QED) is 0.880. The first-order valence-electron chi connectivity index (χ1n) is 5.28. The van der Waals surface area contributed by atoms with Crippen molar-refractivity contribution in [3.63, 3.8) is 0 Å². The number of hydrogen-bond acceptors (Lipinski definition) is 2. The molecular formula is C12H18ClNOS. The fraction of sp³-hybridized carbons (Fsp3) is 0.500. The van der Waals surface area contributed by atoms with Gasteiger partial charge in [-0.3, -0.25) is 4.21 Å². The molecule has 2 atom stereocenters. The van der Waals surface area contributed by atoms with Crippen LogP contribution in [0.4, 0.5) is 0 Å². The summed E-state index contributed by atoms with van der Waals surface area (Å²) in [4.78, 5) is 0. The Bertz CT molecular complexity index is 381. The van der Waals surface area contributed by atoms with Crippen molar-refractivity contribution in [1.29, 1.82) is 0 Å². The summed E-state index contributed by atoms with van der Waals surface area (Å²) in [5.74, 6) is 0. The third kappa shape index (κ3) is 4.24. The second kappa shape index (κ2) is 6.38. The predicted molar refractivity (Wildman–Crippen MR) is 71.4 cm³/mol. The molecule has 0 radical (unpaired) electrons. The number of rotatable bonds is 5. The molecule has 0 aliphatic carbocycles. The van der Waals surface area contributed by atoms with Crippen molar-refractivity contribution in [3.05, 3.63) is 34.3 Å². The van der Waals surface area contributed by atoms with Crippen LogP contribution in [0.15, 0.2) is 18.2 Å². The molecule has 16 heavy (non-hydrogen) atoms. The van der Waals surface area contributed by atoms with Crippen molar-refractivity contribution in [2.45, 2.75) is 25.6 Å². The Morgan fingerprint density at radius 3 is 2.75 bits per heavy atom. The number of hydrogen-bond donors (Lipinski definition) is 1. The summed E-state index contributed by atoms with van der Waals surface area (Å²) in [6.45, 7) is 5.60. The van der Waals surface area contributed by atoms with Crippen molar-refractivity contribution in [1.82, 2.24) is 5.32 Å². The summed E-state index contributed by atoms with van der Waals surface area (Å²) in [5, 5.41) is 4.26. The highest BCUT2D eigenvalue weighted by Crippen LogP contribution is 2.14. The average Bonchev–Trinajstić information content (AvgIpc) is 2.20. The smallest absolute Gasteiger partial charge is 0.0441 e. The fourth-order valence-electron chi connectivity index (χ4n) is 1.39. The second-order valence-electron chi connectivity index (χ2n) is 4.01. The van der Waals surface area contributed by atoms with E-state index in [-0.39, 0.29) is 5.25 Å². The van der Waals surface area contributed by atoms with E-state index in [9.17, 15) is 4.21 Å². The molecule has 0 saturated heterocycles. The van der Waals surface area contributed by atoms with Gasteiger partial charge in [0.2, 0.25) is 0 Å². The van der Waals surface area contributed by atoms with Gasteiger partial charge in [0.15, 0.2) is 0 Å². The highest BCUT2D eigenvalue weighted by molar-refractivity contribution is 7.84. The minimum atomic E-state index is -0.761. The molecule has 0 aromatic heterocycles. The average molecular weight is 260 g/mol. The van der Waals surface area contributed by atoms with Crippen LogP contribution in [0.5, 0.6) is 0 Å². The van der Waals surface area contributed by atoms with Crippen LogP contribution >= 0.6 is 11.6 Å². The van der Waals surface area contributed by atoms with Crippen LogP contribution in [-0.4, -0.2) is 22.3 Å². The predicted octanol–water partition coefficient (Wildman–Crippen LogP) is 2.51. The molecule has 2 unspecified atom stereocenters. The zero-order valence-electron chi connectivity index (χ0n) is 9.92. The lowest BCUT2D eigenvalue weighted by Gasteiger charge is -2.11. The first kappa shape index (κ1) is 13.7. The van der Waals surface area contributed by atoms with E-state index in [0.717, 1.165) is 18.1 Å². The molecule has 90 valence electrons. The van der Waals surface area contributed by atoms with Crippen LogP contribution in [0.25, 0.3) is 0 Å². The summed E-state index contributed by atoms with van der Waals surface area (Å²) in [6, 6.07) is 5.88. The van der Waals surface area contributed by atoms with Gasteiger partial charge in [-0.2, -0.15) is 0 Å². The molecule has 1 aromatic carbocycles. The maximum Gasteiger partial charge on any atom is 0.0441 e. The molecule has 0 aliphatic heterocycles. The van der Waals surface area contributed by atoms with E-state index >= 15 is 0 Å². The molecule has 1 rings (SSSR count). The van der Waals surface area contributed by atoms with Gasteiger partial charge in [0.25, 0.3) is 0 Å². The van der Waals surface area contributed by atoms with Gasteiger partial charge in [-0.05, 0) is 37.1 Å². The van der Waals surface area contributed by atoms with E-state index in [0.29, 0.717) is 0 Å². The Hall–Kier alpha value is -0.380. The van der Waals surface area contributed by atoms with Gasteiger partial charge >= 0.3 is 0 Å². The molecule has 0 spiro atoms. The summed E-state index contributed by atoms with van der Waals surface area (Å²) in [5.41, 5.74) is 2.42. The summed E-state index contributed by atoms with van der Waals surface area (Å²) < 4.78 is 11.2. The van der Waals surface area contributed by atoms with E-state index in [4.69, 9.17) is 11.6 Å². The molecule has 0 heterocycles. The Kier molecular flexibility index (Phi) is 5.46. The van der Waals surface area contributed by atoms with E-state index in [2.05, 4.69) is 5.32 Å². The Morgan fingerprint density at radius 1 is 1.50 bits per heavy atom. The lowest BCUT2D eigenvalue weighted by Crippen LogP contribution is -2.27. The van der Waals surface area contributed by atoms with Crippen molar-refractivity contribution in [3.8, 4) is 0 Å². The third-order valence-electron chi connectivity index (χ3n) is 2.62. The maximum atomic E-state index is 11.2. The highest BCUT2D eigenvalue weighted by atomic mass is 35.5. The lowest BCUT2D eigenvalue weighted by atomic mass is 10.1. The Balaban J connectivity index is 2.46. The molecule has 2 nitrogen and oxygen atoms in total. The number of benzene rings is 1. The minimum absolute atomic E-state index is 0.188. The molecule has 0 bridgehead atoms. The van der Waals surface area contributed by atoms with Crippen LogP contribution in [0.2, 0.25) is 5.02 Å². The highest BCUT2D eigenvalue weighted by Gasteiger charge is 2.05. The standard InChI is InChI=1S/C12H18ClNOS/c1-9-6-12(13)5-4-11(9)8-14-7-10(2)16(3)15/h4-6,10,14H,7-8H2,1-3H3. The molecule has 0 amide bonds. The van der Waals surface area contributed by atoms with Crippen molar-refractivity contribution in [2.75, 3.05) is 12.8 Å². The van der Waals surface area contributed by atoms with Crippen LogP contribution in [-0.2, 0) is 17.3 Å². The fourth-order valence-corrected chi connectivity index (χ4v) is 1.96. The SMILES string of the molecule is Cc1cc(Cl)ccc1CNCC(C)S(C)=O. The maximum absolute atomic E-state index is 11.2. The lowest BCUT2D eigenvalue weighted by molar-refractivity contribution is 0.646. The normalized spacial score (nSPS) is 14.8.